The van der Waals surface area contributed by atoms with Gasteiger partial charge in [0.05, 0.1) is 21.7 Å². The first-order valence-corrected chi connectivity index (χ1v) is 14.5. The van der Waals surface area contributed by atoms with Gasteiger partial charge in [-0.05, 0) is 76.0 Å². The minimum atomic E-state index is -3.21. The molecule has 0 aliphatic carbocycles. The summed E-state index contributed by atoms with van der Waals surface area (Å²) in [6, 6.07) is 13.6. The second kappa shape index (κ2) is 11.6. The first-order valence-electron chi connectivity index (χ1n) is 11.8. The standard InChI is InChI=1S/C26H35Cl2N3O3S/c1-19-5-7-20(8-6-19)18-30(3)25(32)26(2,21-9-10-23(27)24(28)17-21)13-16-31-14-11-22(12-15-31)29-35(4,33)34/h5-10,17,22,29H,11-16,18H2,1-4H3. The first-order chi connectivity index (χ1) is 16.4. The van der Waals surface area contributed by atoms with Crippen molar-refractivity contribution < 1.29 is 13.2 Å². The van der Waals surface area contributed by atoms with Gasteiger partial charge >= 0.3 is 0 Å². The van der Waals surface area contributed by atoms with Crippen LogP contribution in [-0.2, 0) is 26.8 Å². The Balaban J connectivity index is 1.75. The molecule has 192 valence electrons. The summed E-state index contributed by atoms with van der Waals surface area (Å²) in [6.07, 6.45) is 3.29. The molecule has 0 aromatic heterocycles. The van der Waals surface area contributed by atoms with E-state index in [1.165, 1.54) is 11.8 Å². The molecular formula is C26H35Cl2N3O3S. The monoisotopic (exact) mass is 539 g/mol. The van der Waals surface area contributed by atoms with E-state index in [1.807, 2.05) is 51.2 Å². The molecule has 3 rings (SSSR count). The Kier molecular flexibility index (Phi) is 9.27. The normalized spacial score (nSPS) is 17.2. The Hall–Kier alpha value is -1.64. The molecule has 1 unspecified atom stereocenters. The summed E-state index contributed by atoms with van der Waals surface area (Å²) in [5.41, 5.74) is 2.29. The Morgan fingerprint density at radius 1 is 1.11 bits per heavy atom. The SMILES string of the molecule is Cc1ccc(CN(C)C(=O)C(C)(CCN2CCC(NS(C)(=O)=O)CC2)c2ccc(Cl)c(Cl)c2)cc1. The van der Waals surface area contributed by atoms with Crippen LogP contribution in [0.2, 0.25) is 10.0 Å². The third kappa shape index (κ3) is 7.67. The fourth-order valence-corrected chi connectivity index (χ4v) is 5.77. The van der Waals surface area contributed by atoms with Gasteiger partial charge in [0.2, 0.25) is 15.9 Å². The number of benzene rings is 2. The Morgan fingerprint density at radius 2 is 1.74 bits per heavy atom. The predicted octanol–water partition coefficient (Wildman–Crippen LogP) is 4.62. The number of amides is 1. The summed E-state index contributed by atoms with van der Waals surface area (Å²) in [7, 11) is -1.38. The number of piperidine rings is 1. The number of carbonyl (C=O) groups excluding carboxylic acids is 1. The molecule has 0 radical (unpaired) electrons. The third-order valence-electron chi connectivity index (χ3n) is 6.81. The third-order valence-corrected chi connectivity index (χ3v) is 8.31. The molecule has 1 aliphatic rings. The van der Waals surface area contributed by atoms with Crippen LogP contribution in [0, 0.1) is 6.92 Å². The second-order valence-corrected chi connectivity index (χ2v) is 12.5. The van der Waals surface area contributed by atoms with E-state index in [1.54, 1.807) is 17.0 Å². The van der Waals surface area contributed by atoms with E-state index >= 15 is 0 Å². The first kappa shape index (κ1) is 27.9. The summed E-state index contributed by atoms with van der Waals surface area (Å²) in [5.74, 6) is 0.0186. The maximum Gasteiger partial charge on any atom is 0.233 e. The number of hydrogen-bond acceptors (Lipinski definition) is 4. The van der Waals surface area contributed by atoms with E-state index in [0.717, 1.165) is 37.1 Å². The quantitative estimate of drug-likeness (QED) is 0.504. The van der Waals surface area contributed by atoms with Crippen LogP contribution in [0.4, 0.5) is 0 Å². The summed E-state index contributed by atoms with van der Waals surface area (Å²) in [6.45, 7) is 6.79. The number of likely N-dealkylation sites (tertiary alicyclic amines) is 1. The van der Waals surface area contributed by atoms with Crippen molar-refractivity contribution in [1.82, 2.24) is 14.5 Å². The average molecular weight is 541 g/mol. The molecule has 2 aromatic carbocycles. The van der Waals surface area contributed by atoms with Crippen molar-refractivity contribution in [2.75, 3.05) is 32.9 Å². The molecule has 2 aromatic rings. The highest BCUT2D eigenvalue weighted by Crippen LogP contribution is 2.35. The van der Waals surface area contributed by atoms with E-state index in [-0.39, 0.29) is 11.9 Å². The topological polar surface area (TPSA) is 69.7 Å². The number of carbonyl (C=O) groups is 1. The fraction of sp³-hybridized carbons (Fsp3) is 0.500. The van der Waals surface area contributed by atoms with E-state index < -0.39 is 15.4 Å². The van der Waals surface area contributed by atoms with E-state index in [2.05, 4.69) is 9.62 Å². The number of likely N-dealkylation sites (N-methyl/N-ethyl adjacent to an activating group) is 1. The lowest BCUT2D eigenvalue weighted by molar-refractivity contribution is -0.136. The van der Waals surface area contributed by atoms with E-state index in [4.69, 9.17) is 23.2 Å². The summed E-state index contributed by atoms with van der Waals surface area (Å²) in [4.78, 5) is 17.9. The van der Waals surface area contributed by atoms with E-state index in [0.29, 0.717) is 29.6 Å². The van der Waals surface area contributed by atoms with Crippen LogP contribution in [0.1, 0.15) is 42.9 Å². The summed E-state index contributed by atoms with van der Waals surface area (Å²) < 4.78 is 25.8. The van der Waals surface area contributed by atoms with Crippen molar-refractivity contribution in [3.05, 3.63) is 69.2 Å². The molecule has 9 heteroatoms. The molecule has 1 fully saturated rings. The molecular weight excluding hydrogens is 505 g/mol. The van der Waals surface area contributed by atoms with Crippen LogP contribution in [-0.4, -0.2) is 63.1 Å². The smallest absolute Gasteiger partial charge is 0.233 e. The molecule has 0 spiro atoms. The van der Waals surface area contributed by atoms with Gasteiger partial charge in [-0.2, -0.15) is 0 Å². The maximum atomic E-state index is 13.9. The lowest BCUT2D eigenvalue weighted by Gasteiger charge is -2.37. The van der Waals surface area contributed by atoms with Crippen molar-refractivity contribution in [3.63, 3.8) is 0 Å². The Labute approximate surface area is 219 Å². The maximum absolute atomic E-state index is 13.9. The van der Waals surface area contributed by atoms with Crippen LogP contribution in [0.5, 0.6) is 0 Å². The molecule has 1 N–H and O–H groups in total. The van der Waals surface area contributed by atoms with Crippen LogP contribution in [0.15, 0.2) is 42.5 Å². The van der Waals surface area contributed by atoms with Gasteiger partial charge in [0, 0.05) is 19.6 Å². The van der Waals surface area contributed by atoms with Gasteiger partial charge in [0.1, 0.15) is 0 Å². The van der Waals surface area contributed by atoms with Gasteiger partial charge in [-0.3, -0.25) is 4.79 Å². The molecule has 0 bridgehead atoms. The summed E-state index contributed by atoms with van der Waals surface area (Å²) in [5, 5.41) is 0.885. The zero-order chi connectivity index (χ0) is 25.8. The Morgan fingerprint density at radius 3 is 2.31 bits per heavy atom. The number of rotatable bonds is 9. The number of aryl methyl sites for hydroxylation is 1. The van der Waals surface area contributed by atoms with Crippen molar-refractivity contribution in [3.8, 4) is 0 Å². The van der Waals surface area contributed by atoms with Crippen LogP contribution >= 0.6 is 23.2 Å². The average Bonchev–Trinajstić information content (AvgIpc) is 2.80. The van der Waals surface area contributed by atoms with Crippen LogP contribution in [0.25, 0.3) is 0 Å². The highest BCUT2D eigenvalue weighted by atomic mass is 35.5. The zero-order valence-electron chi connectivity index (χ0n) is 20.9. The summed E-state index contributed by atoms with van der Waals surface area (Å²) >= 11 is 12.5. The van der Waals surface area contributed by atoms with Gasteiger partial charge in [-0.1, -0.05) is 59.1 Å². The van der Waals surface area contributed by atoms with Crippen LogP contribution in [0.3, 0.4) is 0 Å². The highest BCUT2D eigenvalue weighted by molar-refractivity contribution is 7.88. The largest absolute Gasteiger partial charge is 0.341 e. The highest BCUT2D eigenvalue weighted by Gasteiger charge is 2.38. The molecule has 1 aliphatic heterocycles. The lowest BCUT2D eigenvalue weighted by Crippen LogP contribution is -2.48. The van der Waals surface area contributed by atoms with Crippen molar-refractivity contribution in [2.45, 2.75) is 51.1 Å². The second-order valence-electron chi connectivity index (χ2n) is 9.86. The number of nitrogens with one attached hydrogen (secondary N) is 1. The van der Waals surface area contributed by atoms with Gasteiger partial charge in [0.25, 0.3) is 0 Å². The van der Waals surface area contributed by atoms with Crippen molar-refractivity contribution in [1.29, 1.82) is 0 Å². The van der Waals surface area contributed by atoms with Gasteiger partial charge in [0.15, 0.2) is 0 Å². The number of nitrogens with zero attached hydrogens (tertiary/aromatic N) is 2. The van der Waals surface area contributed by atoms with Gasteiger partial charge in [-0.15, -0.1) is 0 Å². The molecule has 1 atom stereocenters. The molecule has 6 nitrogen and oxygen atoms in total. The fourth-order valence-electron chi connectivity index (χ4n) is 4.63. The minimum Gasteiger partial charge on any atom is -0.341 e. The van der Waals surface area contributed by atoms with Crippen molar-refractivity contribution in [2.24, 2.45) is 0 Å². The molecule has 35 heavy (non-hydrogen) atoms. The number of sulfonamides is 1. The number of halogens is 2. The van der Waals surface area contributed by atoms with Crippen molar-refractivity contribution >= 4 is 39.1 Å². The predicted molar refractivity (Wildman–Crippen MR) is 144 cm³/mol. The minimum absolute atomic E-state index is 0.0186. The van der Waals surface area contributed by atoms with Gasteiger partial charge in [-0.25, -0.2) is 13.1 Å². The van der Waals surface area contributed by atoms with Crippen LogP contribution < -0.4 is 4.72 Å². The number of hydrogen-bond donors (Lipinski definition) is 1. The lowest BCUT2D eigenvalue weighted by atomic mass is 9.77. The molecule has 0 saturated carbocycles. The molecule has 1 saturated heterocycles. The molecule has 1 amide bonds. The van der Waals surface area contributed by atoms with E-state index in [9.17, 15) is 13.2 Å². The molecule has 1 heterocycles. The van der Waals surface area contributed by atoms with Gasteiger partial charge < -0.3 is 9.80 Å². The zero-order valence-corrected chi connectivity index (χ0v) is 23.2. The Bertz CT molecular complexity index is 1130.